The second-order valence-corrected chi connectivity index (χ2v) is 3.48. The van der Waals surface area contributed by atoms with Gasteiger partial charge in [-0.05, 0) is 18.6 Å². The van der Waals surface area contributed by atoms with E-state index < -0.39 is 13.0 Å². The fourth-order valence-corrected chi connectivity index (χ4v) is 1.31. The van der Waals surface area contributed by atoms with Gasteiger partial charge in [-0.3, -0.25) is 0 Å². The summed E-state index contributed by atoms with van der Waals surface area (Å²) >= 11 is 5.87. The Kier molecular flexibility index (Phi) is 4.15. The lowest BCUT2D eigenvalue weighted by Gasteiger charge is -2.12. The zero-order valence-corrected chi connectivity index (χ0v) is 9.24. The Morgan fingerprint density at radius 1 is 1.47 bits per heavy atom. The molecule has 1 N–H and O–H groups in total. The van der Waals surface area contributed by atoms with E-state index in [4.69, 9.17) is 16.3 Å². The fourth-order valence-electron chi connectivity index (χ4n) is 1.16. The summed E-state index contributed by atoms with van der Waals surface area (Å²) in [5, 5.41) is 3.15. The molecule has 0 unspecified atom stereocenters. The number of aryl methyl sites for hydroxylation is 1. The normalized spacial score (nSPS) is 10.5. The molecule has 0 atom stereocenters. The van der Waals surface area contributed by atoms with E-state index >= 15 is 0 Å². The average molecular weight is 236 g/mol. The second-order valence-electron chi connectivity index (χ2n) is 3.07. The molecule has 0 aliphatic carbocycles. The first-order valence-electron chi connectivity index (χ1n) is 4.40. The maximum atomic E-state index is 12.0. The van der Waals surface area contributed by atoms with Crippen molar-refractivity contribution in [3.05, 3.63) is 22.7 Å². The largest absolute Gasteiger partial charge is 0.495 e. The number of ether oxygens (including phenoxy) is 1. The van der Waals surface area contributed by atoms with E-state index in [0.717, 1.165) is 5.56 Å². The molecule has 0 spiro atoms. The Morgan fingerprint density at radius 3 is 2.67 bits per heavy atom. The summed E-state index contributed by atoms with van der Waals surface area (Å²) < 4.78 is 29.0. The Morgan fingerprint density at radius 2 is 2.13 bits per heavy atom. The van der Waals surface area contributed by atoms with Crippen LogP contribution in [0.4, 0.5) is 14.5 Å². The van der Waals surface area contributed by atoms with Gasteiger partial charge in [0.2, 0.25) is 0 Å². The van der Waals surface area contributed by atoms with Gasteiger partial charge in [-0.1, -0.05) is 11.6 Å². The van der Waals surface area contributed by atoms with E-state index in [2.05, 4.69) is 5.32 Å². The third kappa shape index (κ3) is 3.23. The summed E-state index contributed by atoms with van der Waals surface area (Å²) in [7, 11) is 1.47. The molecule has 0 radical (unpaired) electrons. The van der Waals surface area contributed by atoms with Gasteiger partial charge in [-0.15, -0.1) is 0 Å². The van der Waals surface area contributed by atoms with Gasteiger partial charge in [-0.2, -0.15) is 0 Å². The van der Waals surface area contributed by atoms with E-state index in [1.165, 1.54) is 7.11 Å². The van der Waals surface area contributed by atoms with Crippen LogP contribution in [-0.2, 0) is 0 Å². The fraction of sp³-hybridized carbons (Fsp3) is 0.400. The van der Waals surface area contributed by atoms with Crippen LogP contribution in [0.5, 0.6) is 5.75 Å². The van der Waals surface area contributed by atoms with Crippen LogP contribution in [0, 0.1) is 6.92 Å². The van der Waals surface area contributed by atoms with Crippen molar-refractivity contribution in [3.8, 4) is 5.75 Å². The number of halogens is 3. The summed E-state index contributed by atoms with van der Waals surface area (Å²) in [6.45, 7) is 1.40. The summed E-state index contributed by atoms with van der Waals surface area (Å²) in [5.41, 5.74) is 1.34. The third-order valence-electron chi connectivity index (χ3n) is 1.93. The van der Waals surface area contributed by atoms with Crippen molar-refractivity contribution in [2.75, 3.05) is 19.0 Å². The lowest BCUT2D eigenvalue weighted by atomic mass is 10.2. The van der Waals surface area contributed by atoms with Crippen LogP contribution in [0.15, 0.2) is 12.1 Å². The van der Waals surface area contributed by atoms with Crippen LogP contribution >= 0.6 is 11.6 Å². The van der Waals surface area contributed by atoms with Crippen molar-refractivity contribution >= 4 is 17.3 Å². The molecule has 15 heavy (non-hydrogen) atoms. The van der Waals surface area contributed by atoms with E-state index in [-0.39, 0.29) is 0 Å². The first-order valence-corrected chi connectivity index (χ1v) is 4.78. The van der Waals surface area contributed by atoms with Crippen molar-refractivity contribution in [3.63, 3.8) is 0 Å². The highest BCUT2D eigenvalue weighted by Crippen LogP contribution is 2.30. The van der Waals surface area contributed by atoms with Crippen LogP contribution < -0.4 is 10.1 Å². The van der Waals surface area contributed by atoms with Gasteiger partial charge in [-0.25, -0.2) is 8.78 Å². The van der Waals surface area contributed by atoms with Crippen molar-refractivity contribution < 1.29 is 13.5 Å². The molecule has 0 saturated heterocycles. The van der Waals surface area contributed by atoms with Gasteiger partial charge in [0, 0.05) is 11.1 Å². The van der Waals surface area contributed by atoms with Crippen molar-refractivity contribution in [2.45, 2.75) is 13.3 Å². The Bertz CT molecular complexity index is 344. The van der Waals surface area contributed by atoms with Crippen LogP contribution in [-0.4, -0.2) is 20.1 Å². The Labute approximate surface area is 92.2 Å². The SMILES string of the molecule is COc1cc(Cl)c(C)cc1NCC(F)F. The zero-order chi connectivity index (χ0) is 11.4. The van der Waals surface area contributed by atoms with Gasteiger partial charge in [0.25, 0.3) is 6.43 Å². The minimum atomic E-state index is -2.40. The molecule has 1 aromatic rings. The topological polar surface area (TPSA) is 21.3 Å². The first kappa shape index (κ1) is 12.0. The summed E-state index contributed by atoms with van der Waals surface area (Å²) in [4.78, 5) is 0. The molecule has 0 aliphatic heterocycles. The number of benzene rings is 1. The van der Waals surface area contributed by atoms with E-state index in [9.17, 15) is 8.78 Å². The Hall–Kier alpha value is -1.03. The van der Waals surface area contributed by atoms with E-state index in [1.807, 2.05) is 0 Å². The number of rotatable bonds is 4. The van der Waals surface area contributed by atoms with Crippen LogP contribution in [0.1, 0.15) is 5.56 Å². The van der Waals surface area contributed by atoms with Gasteiger partial charge in [0.1, 0.15) is 5.75 Å². The number of hydrogen-bond donors (Lipinski definition) is 1. The van der Waals surface area contributed by atoms with Crippen molar-refractivity contribution in [1.82, 2.24) is 0 Å². The number of hydrogen-bond acceptors (Lipinski definition) is 2. The molecule has 0 bridgehead atoms. The number of anilines is 1. The Balaban J connectivity index is 2.89. The summed E-state index contributed by atoms with van der Waals surface area (Å²) in [6, 6.07) is 3.29. The zero-order valence-electron chi connectivity index (χ0n) is 8.48. The molecule has 0 aliphatic rings. The van der Waals surface area contributed by atoms with E-state index in [0.29, 0.717) is 16.5 Å². The smallest absolute Gasteiger partial charge is 0.255 e. The number of nitrogens with one attached hydrogen (secondary N) is 1. The first-order chi connectivity index (χ1) is 7.04. The molecular formula is C10H12ClF2NO. The van der Waals surface area contributed by atoms with Crippen LogP contribution in [0.2, 0.25) is 5.02 Å². The molecular weight excluding hydrogens is 224 g/mol. The molecule has 0 saturated carbocycles. The monoisotopic (exact) mass is 235 g/mol. The average Bonchev–Trinajstić information content (AvgIpc) is 2.19. The summed E-state index contributed by atoms with van der Waals surface area (Å²) in [6.07, 6.45) is -2.40. The third-order valence-corrected chi connectivity index (χ3v) is 2.33. The lowest BCUT2D eigenvalue weighted by molar-refractivity contribution is 0.163. The van der Waals surface area contributed by atoms with E-state index in [1.54, 1.807) is 19.1 Å². The number of alkyl halides is 2. The van der Waals surface area contributed by atoms with Crippen molar-refractivity contribution in [1.29, 1.82) is 0 Å². The van der Waals surface area contributed by atoms with Gasteiger partial charge >= 0.3 is 0 Å². The second kappa shape index (κ2) is 5.16. The number of methoxy groups -OCH3 is 1. The minimum absolute atomic E-state index is 0.405. The predicted molar refractivity (Wildman–Crippen MR) is 57.2 cm³/mol. The molecule has 0 amide bonds. The maximum Gasteiger partial charge on any atom is 0.255 e. The molecule has 5 heteroatoms. The molecule has 84 valence electrons. The summed E-state index contributed by atoms with van der Waals surface area (Å²) in [5.74, 6) is 0.464. The molecule has 0 fully saturated rings. The van der Waals surface area contributed by atoms with Crippen molar-refractivity contribution in [2.24, 2.45) is 0 Å². The van der Waals surface area contributed by atoms with Gasteiger partial charge in [0.15, 0.2) is 0 Å². The maximum absolute atomic E-state index is 12.0. The predicted octanol–water partition coefficient (Wildman–Crippen LogP) is 3.33. The van der Waals surface area contributed by atoms with Crippen LogP contribution in [0.3, 0.4) is 0 Å². The van der Waals surface area contributed by atoms with Gasteiger partial charge < -0.3 is 10.1 Å². The molecule has 2 nitrogen and oxygen atoms in total. The van der Waals surface area contributed by atoms with Crippen LogP contribution in [0.25, 0.3) is 0 Å². The quantitative estimate of drug-likeness (QED) is 0.864. The molecule has 1 rings (SSSR count). The lowest BCUT2D eigenvalue weighted by Crippen LogP contribution is -2.11. The minimum Gasteiger partial charge on any atom is -0.495 e. The highest BCUT2D eigenvalue weighted by molar-refractivity contribution is 6.31. The highest BCUT2D eigenvalue weighted by atomic mass is 35.5. The molecule has 0 heterocycles. The highest BCUT2D eigenvalue weighted by Gasteiger charge is 2.08. The molecule has 0 aromatic heterocycles. The molecule has 1 aromatic carbocycles. The van der Waals surface area contributed by atoms with Gasteiger partial charge in [0.05, 0.1) is 19.3 Å². The standard InChI is InChI=1S/C10H12ClF2NO/c1-6-3-8(14-5-10(12)13)9(15-2)4-7(6)11/h3-4,10,14H,5H2,1-2H3.